The lowest BCUT2D eigenvalue weighted by Gasteiger charge is -2.17. The molecule has 0 atom stereocenters. The molecular weight excluding hydrogens is 398 g/mol. The number of rotatable bonds is 3. The molecule has 134 valence electrons. The summed E-state index contributed by atoms with van der Waals surface area (Å²) in [6.45, 7) is 5.46. The van der Waals surface area contributed by atoms with E-state index in [0.29, 0.717) is 22.5 Å². The van der Waals surface area contributed by atoms with Gasteiger partial charge in [0, 0.05) is 21.9 Å². The number of benzene rings is 2. The normalized spacial score (nSPS) is 13.2. The van der Waals surface area contributed by atoms with E-state index in [0.717, 1.165) is 10.0 Å². The molecular formula is C19H18BrN3O3. The smallest absolute Gasteiger partial charge is 0.308 e. The van der Waals surface area contributed by atoms with Crippen LogP contribution in [0.2, 0.25) is 0 Å². The summed E-state index contributed by atoms with van der Waals surface area (Å²) in [4.78, 5) is 38.2. The van der Waals surface area contributed by atoms with Crippen molar-refractivity contribution in [1.29, 1.82) is 0 Å². The summed E-state index contributed by atoms with van der Waals surface area (Å²) in [7, 11) is 0. The van der Waals surface area contributed by atoms with E-state index in [1.807, 2.05) is 19.1 Å². The third kappa shape index (κ3) is 3.35. The van der Waals surface area contributed by atoms with Crippen molar-refractivity contribution in [3.05, 3.63) is 57.6 Å². The number of nitrogens with one attached hydrogen (secondary N) is 2. The van der Waals surface area contributed by atoms with Crippen LogP contribution in [0.5, 0.6) is 0 Å². The zero-order chi connectivity index (χ0) is 19.0. The van der Waals surface area contributed by atoms with E-state index in [1.54, 1.807) is 32.0 Å². The second-order valence-electron chi connectivity index (χ2n) is 6.37. The summed E-state index contributed by atoms with van der Waals surface area (Å²) in [6.07, 6.45) is 0. The van der Waals surface area contributed by atoms with Crippen LogP contribution >= 0.6 is 15.9 Å². The maximum absolute atomic E-state index is 12.4. The lowest BCUT2D eigenvalue weighted by molar-refractivity contribution is 0.0609. The monoisotopic (exact) mass is 415 g/mol. The van der Waals surface area contributed by atoms with E-state index in [2.05, 4.69) is 26.6 Å². The molecule has 3 rings (SSSR count). The molecule has 0 aliphatic carbocycles. The van der Waals surface area contributed by atoms with Gasteiger partial charge in [0.15, 0.2) is 0 Å². The van der Waals surface area contributed by atoms with E-state index < -0.39 is 6.03 Å². The van der Waals surface area contributed by atoms with E-state index in [9.17, 15) is 14.4 Å². The van der Waals surface area contributed by atoms with Crippen molar-refractivity contribution in [2.75, 3.05) is 10.6 Å². The lowest BCUT2D eigenvalue weighted by atomic mass is 10.1. The fourth-order valence-corrected chi connectivity index (χ4v) is 3.33. The van der Waals surface area contributed by atoms with Gasteiger partial charge in [-0.05, 0) is 62.7 Å². The topological polar surface area (TPSA) is 78.5 Å². The highest BCUT2D eigenvalue weighted by atomic mass is 79.9. The van der Waals surface area contributed by atoms with Crippen LogP contribution in [0.25, 0.3) is 0 Å². The van der Waals surface area contributed by atoms with Crippen LogP contribution in [0.4, 0.5) is 16.2 Å². The number of hydrogen-bond donors (Lipinski definition) is 2. The number of carbonyl (C=O) groups is 3. The Morgan fingerprint density at radius 3 is 2.35 bits per heavy atom. The number of halogens is 1. The van der Waals surface area contributed by atoms with Crippen LogP contribution in [0.15, 0.2) is 40.9 Å². The first-order chi connectivity index (χ1) is 12.3. The molecule has 0 unspecified atom stereocenters. The van der Waals surface area contributed by atoms with Crippen LogP contribution in [-0.2, 0) is 0 Å². The van der Waals surface area contributed by atoms with Gasteiger partial charge in [-0.1, -0.05) is 15.9 Å². The molecule has 0 bridgehead atoms. The second kappa shape index (κ2) is 6.92. The Hall–Kier alpha value is -2.67. The first kappa shape index (κ1) is 18.1. The largest absolute Gasteiger partial charge is 0.323 e. The highest BCUT2D eigenvalue weighted by Gasteiger charge is 2.37. The molecule has 1 heterocycles. The molecule has 7 heteroatoms. The van der Waals surface area contributed by atoms with Crippen LogP contribution < -0.4 is 10.6 Å². The third-order valence-electron chi connectivity index (χ3n) is 4.13. The van der Waals surface area contributed by atoms with Crippen molar-refractivity contribution < 1.29 is 14.4 Å². The third-order valence-corrected chi connectivity index (χ3v) is 4.62. The van der Waals surface area contributed by atoms with Crippen molar-refractivity contribution in [3.8, 4) is 0 Å². The van der Waals surface area contributed by atoms with Gasteiger partial charge in [-0.2, -0.15) is 0 Å². The Kier molecular flexibility index (Phi) is 4.82. The number of nitrogens with zero attached hydrogens (tertiary/aromatic N) is 1. The van der Waals surface area contributed by atoms with Crippen LogP contribution in [0.3, 0.4) is 0 Å². The molecule has 0 fully saturated rings. The zero-order valence-corrected chi connectivity index (χ0v) is 16.2. The maximum Gasteiger partial charge on any atom is 0.323 e. The van der Waals surface area contributed by atoms with E-state index in [4.69, 9.17) is 0 Å². The molecule has 0 saturated heterocycles. The molecule has 2 N–H and O–H groups in total. The van der Waals surface area contributed by atoms with Gasteiger partial charge in [-0.25, -0.2) is 4.79 Å². The second-order valence-corrected chi connectivity index (χ2v) is 7.29. The summed E-state index contributed by atoms with van der Waals surface area (Å²) >= 11 is 3.38. The first-order valence-corrected chi connectivity index (χ1v) is 8.93. The zero-order valence-electron chi connectivity index (χ0n) is 14.6. The molecule has 0 radical (unpaired) electrons. The molecule has 1 aliphatic heterocycles. The Morgan fingerprint density at radius 1 is 1.00 bits per heavy atom. The van der Waals surface area contributed by atoms with Crippen molar-refractivity contribution >= 4 is 45.2 Å². The van der Waals surface area contributed by atoms with Gasteiger partial charge in [-0.3, -0.25) is 14.5 Å². The standard InChI is InChI=1S/C19H18BrN3O3/c1-10(2)23-17(24)14-6-5-13(9-15(14)18(23)25)21-19(26)22-16-7-4-12(20)8-11(16)3/h4-10H,1-3H3,(H2,21,22,26). The Labute approximate surface area is 159 Å². The van der Waals surface area contributed by atoms with Gasteiger partial charge in [0.1, 0.15) is 0 Å². The summed E-state index contributed by atoms with van der Waals surface area (Å²) in [5, 5.41) is 5.47. The van der Waals surface area contributed by atoms with Gasteiger partial charge >= 0.3 is 6.03 Å². The fourth-order valence-electron chi connectivity index (χ4n) is 2.86. The summed E-state index contributed by atoms with van der Waals surface area (Å²) in [6, 6.07) is 9.60. The number of carbonyl (C=O) groups excluding carboxylic acids is 3. The van der Waals surface area contributed by atoms with Crippen molar-refractivity contribution in [3.63, 3.8) is 0 Å². The minimum Gasteiger partial charge on any atom is -0.308 e. The molecule has 2 aromatic rings. The molecule has 4 amide bonds. The number of fused-ring (bicyclic) bond motifs is 1. The van der Waals surface area contributed by atoms with Gasteiger partial charge in [0.2, 0.25) is 0 Å². The predicted octanol–water partition coefficient (Wildman–Crippen LogP) is 4.41. The molecule has 6 nitrogen and oxygen atoms in total. The molecule has 0 aromatic heterocycles. The van der Waals surface area contributed by atoms with Crippen LogP contribution in [0.1, 0.15) is 40.1 Å². The van der Waals surface area contributed by atoms with Crippen molar-refractivity contribution in [1.82, 2.24) is 4.90 Å². The van der Waals surface area contributed by atoms with Gasteiger partial charge in [0.05, 0.1) is 11.1 Å². The van der Waals surface area contributed by atoms with Crippen LogP contribution in [-0.4, -0.2) is 28.8 Å². The summed E-state index contributed by atoms with van der Waals surface area (Å²) < 4.78 is 0.928. The molecule has 0 spiro atoms. The highest BCUT2D eigenvalue weighted by Crippen LogP contribution is 2.27. The number of hydrogen-bond acceptors (Lipinski definition) is 3. The van der Waals surface area contributed by atoms with Gasteiger partial charge < -0.3 is 10.6 Å². The molecule has 1 aliphatic rings. The molecule has 0 saturated carbocycles. The lowest BCUT2D eigenvalue weighted by Crippen LogP contribution is -2.35. The van der Waals surface area contributed by atoms with E-state index in [1.165, 1.54) is 11.0 Å². The van der Waals surface area contributed by atoms with E-state index in [-0.39, 0.29) is 17.9 Å². The van der Waals surface area contributed by atoms with Gasteiger partial charge in [0.25, 0.3) is 11.8 Å². The number of imide groups is 1. The number of aryl methyl sites for hydroxylation is 1. The minimum atomic E-state index is -0.423. The van der Waals surface area contributed by atoms with Crippen molar-refractivity contribution in [2.24, 2.45) is 0 Å². The SMILES string of the molecule is Cc1cc(Br)ccc1NC(=O)Nc1ccc2c(c1)C(=O)N(C(C)C)C2=O. The van der Waals surface area contributed by atoms with Crippen molar-refractivity contribution in [2.45, 2.75) is 26.8 Å². The summed E-state index contributed by atoms with van der Waals surface area (Å²) in [5.41, 5.74) is 2.71. The highest BCUT2D eigenvalue weighted by molar-refractivity contribution is 9.10. The molecule has 26 heavy (non-hydrogen) atoms. The average Bonchev–Trinajstić information content (AvgIpc) is 2.81. The van der Waals surface area contributed by atoms with Crippen LogP contribution in [0, 0.1) is 6.92 Å². The Morgan fingerprint density at radius 2 is 1.69 bits per heavy atom. The average molecular weight is 416 g/mol. The predicted molar refractivity (Wildman–Crippen MR) is 104 cm³/mol. The van der Waals surface area contributed by atoms with E-state index >= 15 is 0 Å². The number of amides is 4. The van der Waals surface area contributed by atoms with Gasteiger partial charge in [-0.15, -0.1) is 0 Å². The molecule has 2 aromatic carbocycles. The Balaban J connectivity index is 1.77. The minimum absolute atomic E-state index is 0.220. The number of urea groups is 1. The quantitative estimate of drug-likeness (QED) is 0.728. The maximum atomic E-state index is 12.4. The first-order valence-electron chi connectivity index (χ1n) is 8.14. The fraction of sp³-hybridized carbons (Fsp3) is 0.211. The number of anilines is 2. The Bertz CT molecular complexity index is 924. The summed E-state index contributed by atoms with van der Waals surface area (Å²) in [5.74, 6) is -0.644.